The van der Waals surface area contributed by atoms with Crippen LogP contribution >= 0.6 is 0 Å². The first-order valence-electron chi connectivity index (χ1n) is 13.6. The van der Waals surface area contributed by atoms with E-state index >= 15 is 0 Å². The smallest absolute Gasteiger partial charge is 0.445 e. The van der Waals surface area contributed by atoms with Gasteiger partial charge in [-0.1, -0.05) is 146 Å². The third kappa shape index (κ3) is 5.11. The Morgan fingerprint density at radius 2 is 0.564 bits per heavy atom. The van der Waals surface area contributed by atoms with Crippen molar-refractivity contribution in [2.45, 2.75) is 17.8 Å². The number of hydrogen-bond donors (Lipinski definition) is 0. The van der Waals surface area contributed by atoms with Crippen LogP contribution in [0, 0.1) is 0 Å². The van der Waals surface area contributed by atoms with Gasteiger partial charge in [0.15, 0.2) is 0 Å². The number of benzene rings is 3. The Morgan fingerprint density at radius 3 is 0.795 bits per heavy atom. The van der Waals surface area contributed by atoms with Gasteiger partial charge >= 0.3 is 21.4 Å². The van der Waals surface area contributed by atoms with Gasteiger partial charge in [0.05, 0.1) is 0 Å². The summed E-state index contributed by atoms with van der Waals surface area (Å²) >= 11 is 0. The molecule has 0 unspecified atom stereocenters. The first-order valence-corrected chi connectivity index (χ1v) is 13.6. The Labute approximate surface area is 231 Å². The van der Waals surface area contributed by atoms with Gasteiger partial charge in [-0.2, -0.15) is 0 Å². The second-order valence-corrected chi connectivity index (χ2v) is 10.3. The van der Waals surface area contributed by atoms with E-state index in [2.05, 4.69) is 146 Å². The molecule has 0 atom stereocenters. The zero-order chi connectivity index (χ0) is 26.0. The average molecular weight is 504 g/mol. The summed E-state index contributed by atoms with van der Waals surface area (Å²) in [5.41, 5.74) is 6.66. The topological polar surface area (TPSA) is 27.7 Å². The van der Waals surface area contributed by atoms with E-state index in [0.29, 0.717) is 17.8 Å². The van der Waals surface area contributed by atoms with Crippen molar-refractivity contribution in [1.82, 2.24) is 0 Å². The van der Waals surface area contributed by atoms with Gasteiger partial charge in [-0.15, -0.1) is 0 Å². The van der Waals surface area contributed by atoms with Crippen LogP contribution in [0.3, 0.4) is 0 Å². The van der Waals surface area contributed by atoms with Crippen LogP contribution in [-0.2, 0) is 13.7 Å². The van der Waals surface area contributed by atoms with Crippen molar-refractivity contribution in [2.24, 2.45) is 0 Å². The molecule has 0 N–H and O–H groups in total. The van der Waals surface area contributed by atoms with Crippen molar-refractivity contribution >= 4 is 37.7 Å². The van der Waals surface area contributed by atoms with Gasteiger partial charge in [-0.3, -0.25) is 0 Å². The Morgan fingerprint density at radius 1 is 0.333 bits per heavy atom. The van der Waals surface area contributed by atoms with E-state index in [4.69, 9.17) is 13.7 Å². The van der Waals surface area contributed by atoms with Crippen LogP contribution < -0.4 is 16.4 Å². The standard InChI is InChI=1S/C33H27B3O3/c1-2-8-25(7-1)28-13-19-31(20-14-28)34-37-35(32-21-15-29(16-22-32)26-9-3-4-10-26)39-36(38-34)33-23-17-30(18-24-33)27-11-5-6-12-27/h1-27H. The number of hydrogen-bond acceptors (Lipinski definition) is 3. The van der Waals surface area contributed by atoms with Gasteiger partial charge in [-0.25, -0.2) is 0 Å². The van der Waals surface area contributed by atoms with Gasteiger partial charge in [-0.05, 0) is 33.1 Å². The third-order valence-corrected chi connectivity index (χ3v) is 7.77. The second kappa shape index (κ2) is 10.7. The highest BCUT2D eigenvalue weighted by atomic mass is 16.7. The van der Waals surface area contributed by atoms with Crippen molar-refractivity contribution in [2.75, 3.05) is 0 Å². The predicted octanol–water partition coefficient (Wildman–Crippen LogP) is 4.86. The highest BCUT2D eigenvalue weighted by Gasteiger charge is 2.43. The van der Waals surface area contributed by atoms with Crippen LogP contribution in [0.2, 0.25) is 0 Å². The molecule has 0 radical (unpaired) electrons. The fourth-order valence-corrected chi connectivity index (χ4v) is 5.49. The minimum Gasteiger partial charge on any atom is -0.445 e. The molecule has 1 fully saturated rings. The maximum atomic E-state index is 6.43. The summed E-state index contributed by atoms with van der Waals surface area (Å²) < 4.78 is 19.3. The molecule has 1 aliphatic heterocycles. The molecular formula is C33H27B3O3. The molecule has 39 heavy (non-hydrogen) atoms. The minimum atomic E-state index is -0.557. The summed E-state index contributed by atoms with van der Waals surface area (Å²) in [5, 5.41) is 0. The molecule has 3 nitrogen and oxygen atoms in total. The molecule has 0 aromatic heterocycles. The van der Waals surface area contributed by atoms with E-state index in [9.17, 15) is 0 Å². The summed E-state index contributed by atoms with van der Waals surface area (Å²) in [6.45, 7) is 0. The summed E-state index contributed by atoms with van der Waals surface area (Å²) in [5.74, 6) is 0.964. The maximum absolute atomic E-state index is 6.43. The minimum absolute atomic E-state index is 0.321. The molecule has 186 valence electrons. The van der Waals surface area contributed by atoms with E-state index in [0.717, 1.165) is 16.4 Å². The van der Waals surface area contributed by atoms with Crippen LogP contribution in [0.1, 0.15) is 34.4 Å². The first-order chi connectivity index (χ1) is 19.3. The highest BCUT2D eigenvalue weighted by Crippen LogP contribution is 2.25. The largest absolute Gasteiger partial charge is 0.467 e. The van der Waals surface area contributed by atoms with Crippen LogP contribution in [-0.4, -0.2) is 21.4 Å². The Kier molecular flexibility index (Phi) is 6.67. The Balaban J connectivity index is 1.16. The lowest BCUT2D eigenvalue weighted by Gasteiger charge is -2.32. The Hall–Kier alpha value is -3.83. The van der Waals surface area contributed by atoms with Crippen molar-refractivity contribution in [3.8, 4) is 0 Å². The van der Waals surface area contributed by atoms with Crippen LogP contribution in [0.5, 0.6) is 0 Å². The highest BCUT2D eigenvalue weighted by molar-refractivity contribution is 6.87. The predicted molar refractivity (Wildman–Crippen MR) is 162 cm³/mol. The molecule has 7 rings (SSSR count). The summed E-state index contributed by atoms with van der Waals surface area (Å²) in [6.07, 6.45) is 25.7. The van der Waals surface area contributed by atoms with Crippen molar-refractivity contribution in [3.05, 3.63) is 162 Å². The maximum Gasteiger partial charge on any atom is 0.467 e. The molecule has 3 aliphatic carbocycles. The molecule has 1 heterocycles. The summed E-state index contributed by atoms with van der Waals surface area (Å²) in [7, 11) is -1.67. The van der Waals surface area contributed by atoms with Crippen molar-refractivity contribution < 1.29 is 13.7 Å². The first kappa shape index (κ1) is 24.2. The van der Waals surface area contributed by atoms with Gasteiger partial charge < -0.3 is 13.7 Å². The summed E-state index contributed by atoms with van der Waals surface area (Å²) in [4.78, 5) is 0. The summed E-state index contributed by atoms with van der Waals surface area (Å²) in [6, 6.07) is 25.5. The Bertz CT molecular complexity index is 1270. The van der Waals surface area contributed by atoms with E-state index in [1.54, 1.807) is 0 Å². The van der Waals surface area contributed by atoms with Crippen LogP contribution in [0.15, 0.2) is 146 Å². The lowest BCUT2D eigenvalue weighted by atomic mass is 9.61. The number of rotatable bonds is 6. The molecular weight excluding hydrogens is 477 g/mol. The van der Waals surface area contributed by atoms with Crippen LogP contribution in [0.4, 0.5) is 0 Å². The van der Waals surface area contributed by atoms with Crippen molar-refractivity contribution in [3.63, 3.8) is 0 Å². The van der Waals surface area contributed by atoms with Gasteiger partial charge in [0.2, 0.25) is 0 Å². The van der Waals surface area contributed by atoms with Crippen LogP contribution in [0.25, 0.3) is 0 Å². The second-order valence-electron chi connectivity index (χ2n) is 10.3. The molecule has 0 bridgehead atoms. The SMILES string of the molecule is C1=CC(c2ccc(B3OB(c4ccc(C5C=CC=C5)cc4)OB(c4ccc(C5C=CC=C5)cc4)O3)cc2)C=C1. The fourth-order valence-electron chi connectivity index (χ4n) is 5.49. The lowest BCUT2D eigenvalue weighted by molar-refractivity contribution is 0.308. The van der Waals surface area contributed by atoms with Crippen molar-refractivity contribution in [1.29, 1.82) is 0 Å². The molecule has 4 aliphatic rings. The average Bonchev–Trinajstić information content (AvgIpc) is 3.82. The van der Waals surface area contributed by atoms with E-state index in [1.807, 2.05) is 0 Å². The quantitative estimate of drug-likeness (QED) is 0.449. The normalized spacial score (nSPS) is 18.9. The van der Waals surface area contributed by atoms with Gasteiger partial charge in [0.25, 0.3) is 0 Å². The van der Waals surface area contributed by atoms with E-state index in [1.165, 1.54) is 16.7 Å². The van der Waals surface area contributed by atoms with Gasteiger partial charge in [0, 0.05) is 17.8 Å². The third-order valence-electron chi connectivity index (χ3n) is 7.77. The zero-order valence-electron chi connectivity index (χ0n) is 21.5. The molecule has 1 saturated heterocycles. The fraction of sp³-hybridized carbons (Fsp3) is 0.0909. The molecule has 3 aromatic carbocycles. The molecule has 6 heteroatoms. The zero-order valence-corrected chi connectivity index (χ0v) is 21.5. The lowest BCUT2D eigenvalue weighted by Crippen LogP contribution is -2.61. The molecule has 0 amide bonds. The molecule has 0 saturated carbocycles. The van der Waals surface area contributed by atoms with Gasteiger partial charge in [0.1, 0.15) is 0 Å². The monoisotopic (exact) mass is 504 g/mol. The molecule has 3 aromatic rings. The number of allylic oxidation sites excluding steroid dienone is 12. The van der Waals surface area contributed by atoms with E-state index in [-0.39, 0.29) is 0 Å². The molecule has 0 spiro atoms. The van der Waals surface area contributed by atoms with E-state index < -0.39 is 21.4 Å².